The molecule has 1 aliphatic heterocycles. The van der Waals surface area contributed by atoms with Crippen molar-refractivity contribution in [1.29, 1.82) is 0 Å². The second kappa shape index (κ2) is 8.90. The number of carbonyl (C=O) groups is 1. The van der Waals surface area contributed by atoms with Crippen LogP contribution in [0.5, 0.6) is 5.75 Å². The fraction of sp³-hybridized carbons (Fsp3) is 0.562. The first-order valence-electron chi connectivity index (χ1n) is 7.42. The van der Waals surface area contributed by atoms with Gasteiger partial charge in [-0.25, -0.2) is 0 Å². The van der Waals surface area contributed by atoms with Crippen LogP contribution in [0.1, 0.15) is 33.1 Å². The molecule has 1 aromatic carbocycles. The minimum atomic E-state index is -0.0551. The number of hydrogen-bond acceptors (Lipinski definition) is 3. The Morgan fingerprint density at radius 1 is 1.48 bits per heavy atom. The third kappa shape index (κ3) is 5.94. The van der Waals surface area contributed by atoms with Crippen molar-refractivity contribution in [3.8, 4) is 5.75 Å². The van der Waals surface area contributed by atoms with Crippen LogP contribution >= 0.6 is 12.4 Å². The van der Waals surface area contributed by atoms with E-state index in [0.717, 1.165) is 37.2 Å². The Bertz CT molecular complexity index is 446. The summed E-state index contributed by atoms with van der Waals surface area (Å²) in [5, 5.41) is 6.14. The van der Waals surface area contributed by atoms with Crippen LogP contribution in [-0.4, -0.2) is 25.1 Å². The molecular formula is C16H25ClN2O2. The van der Waals surface area contributed by atoms with Gasteiger partial charge in [-0.1, -0.05) is 19.9 Å². The van der Waals surface area contributed by atoms with Crippen LogP contribution in [0.15, 0.2) is 24.3 Å². The molecule has 2 N–H and O–H groups in total. The lowest BCUT2D eigenvalue weighted by Crippen LogP contribution is -2.35. The summed E-state index contributed by atoms with van der Waals surface area (Å²) in [7, 11) is 0. The number of benzene rings is 1. The molecule has 0 aliphatic carbocycles. The first kappa shape index (κ1) is 17.8. The number of rotatable bonds is 6. The molecule has 0 aromatic heterocycles. The van der Waals surface area contributed by atoms with Gasteiger partial charge in [0.15, 0.2) is 0 Å². The van der Waals surface area contributed by atoms with Crippen molar-refractivity contribution in [2.24, 2.45) is 5.92 Å². The predicted molar refractivity (Wildman–Crippen MR) is 88.3 cm³/mol. The minimum Gasteiger partial charge on any atom is -0.494 e. The average molecular weight is 313 g/mol. The smallest absolute Gasteiger partial charge is 0.241 e. The molecule has 1 amide bonds. The maximum Gasteiger partial charge on any atom is 0.241 e. The average Bonchev–Trinajstić information content (AvgIpc) is 2.92. The molecule has 5 heteroatoms. The van der Waals surface area contributed by atoms with Gasteiger partial charge in [0.05, 0.1) is 12.6 Å². The van der Waals surface area contributed by atoms with Crippen LogP contribution in [0, 0.1) is 5.92 Å². The van der Waals surface area contributed by atoms with Gasteiger partial charge in [0.2, 0.25) is 5.91 Å². The van der Waals surface area contributed by atoms with Crippen LogP contribution in [0.25, 0.3) is 0 Å². The topological polar surface area (TPSA) is 50.4 Å². The molecule has 4 nitrogen and oxygen atoms in total. The third-order valence-corrected chi connectivity index (χ3v) is 3.44. The molecule has 1 heterocycles. The van der Waals surface area contributed by atoms with Gasteiger partial charge in [-0.2, -0.15) is 0 Å². The Morgan fingerprint density at radius 2 is 2.29 bits per heavy atom. The maximum atomic E-state index is 12.0. The molecular weight excluding hydrogens is 288 g/mol. The van der Waals surface area contributed by atoms with E-state index in [1.54, 1.807) is 0 Å². The van der Waals surface area contributed by atoms with E-state index in [1.807, 2.05) is 24.3 Å². The molecule has 2 rings (SSSR count). The zero-order valence-electron chi connectivity index (χ0n) is 12.7. The number of halogens is 1. The van der Waals surface area contributed by atoms with Crippen LogP contribution in [0.4, 0.5) is 5.69 Å². The third-order valence-electron chi connectivity index (χ3n) is 3.44. The molecule has 0 radical (unpaired) electrons. The molecule has 1 unspecified atom stereocenters. The second-order valence-electron chi connectivity index (χ2n) is 5.70. The highest BCUT2D eigenvalue weighted by Crippen LogP contribution is 2.19. The first-order valence-corrected chi connectivity index (χ1v) is 7.42. The van der Waals surface area contributed by atoms with E-state index in [-0.39, 0.29) is 24.4 Å². The van der Waals surface area contributed by atoms with Gasteiger partial charge < -0.3 is 15.4 Å². The Labute approximate surface area is 133 Å². The van der Waals surface area contributed by atoms with Gasteiger partial charge in [-0.05, 0) is 43.9 Å². The SMILES string of the molecule is CC(C)CCOc1cccc(NC(=O)C2CCCN2)c1.Cl. The lowest BCUT2D eigenvalue weighted by molar-refractivity contribution is -0.117. The number of amides is 1. The lowest BCUT2D eigenvalue weighted by Gasteiger charge is -2.13. The molecule has 1 atom stereocenters. The van der Waals surface area contributed by atoms with E-state index >= 15 is 0 Å². The minimum absolute atomic E-state index is 0. The number of ether oxygens (including phenoxy) is 1. The van der Waals surface area contributed by atoms with Crippen LogP contribution in [0.3, 0.4) is 0 Å². The summed E-state index contributed by atoms with van der Waals surface area (Å²) in [6, 6.07) is 7.54. The van der Waals surface area contributed by atoms with E-state index < -0.39 is 0 Å². The van der Waals surface area contributed by atoms with Gasteiger partial charge in [-0.15, -0.1) is 12.4 Å². The summed E-state index contributed by atoms with van der Waals surface area (Å²) in [5.74, 6) is 1.48. The van der Waals surface area contributed by atoms with Crippen molar-refractivity contribution in [3.63, 3.8) is 0 Å². The Hall–Kier alpha value is -1.26. The normalized spacial score (nSPS) is 17.4. The quantitative estimate of drug-likeness (QED) is 0.848. The molecule has 1 fully saturated rings. The monoisotopic (exact) mass is 312 g/mol. The van der Waals surface area contributed by atoms with Gasteiger partial charge in [0.25, 0.3) is 0 Å². The summed E-state index contributed by atoms with van der Waals surface area (Å²) >= 11 is 0. The summed E-state index contributed by atoms with van der Waals surface area (Å²) < 4.78 is 5.70. The van der Waals surface area contributed by atoms with Gasteiger partial charge in [0.1, 0.15) is 5.75 Å². The molecule has 0 spiro atoms. The molecule has 21 heavy (non-hydrogen) atoms. The second-order valence-corrected chi connectivity index (χ2v) is 5.70. The van der Waals surface area contributed by atoms with E-state index in [4.69, 9.17) is 4.74 Å². The van der Waals surface area contributed by atoms with E-state index in [9.17, 15) is 4.79 Å². The molecule has 1 saturated heterocycles. The van der Waals surface area contributed by atoms with Crippen molar-refractivity contribution in [3.05, 3.63) is 24.3 Å². The highest BCUT2D eigenvalue weighted by atomic mass is 35.5. The van der Waals surface area contributed by atoms with Crippen molar-refractivity contribution < 1.29 is 9.53 Å². The van der Waals surface area contributed by atoms with E-state index in [1.165, 1.54) is 0 Å². The summed E-state index contributed by atoms with van der Waals surface area (Å²) in [4.78, 5) is 12.0. The van der Waals surface area contributed by atoms with Crippen LogP contribution in [0.2, 0.25) is 0 Å². The molecule has 118 valence electrons. The molecule has 0 bridgehead atoms. The Balaban J connectivity index is 0.00000220. The number of hydrogen-bond donors (Lipinski definition) is 2. The van der Waals surface area contributed by atoms with Crippen LogP contribution < -0.4 is 15.4 Å². The fourth-order valence-corrected chi connectivity index (χ4v) is 2.21. The highest BCUT2D eigenvalue weighted by molar-refractivity contribution is 5.95. The summed E-state index contributed by atoms with van der Waals surface area (Å²) in [5.41, 5.74) is 0.797. The number of carbonyl (C=O) groups excluding carboxylic acids is 1. The van der Waals surface area contributed by atoms with Crippen LogP contribution in [-0.2, 0) is 4.79 Å². The fourth-order valence-electron chi connectivity index (χ4n) is 2.21. The standard InChI is InChI=1S/C16H24N2O2.ClH/c1-12(2)8-10-20-14-6-3-5-13(11-14)18-16(19)15-7-4-9-17-15;/h3,5-6,11-12,15,17H,4,7-10H2,1-2H3,(H,18,19);1H. The van der Waals surface area contributed by atoms with Crippen molar-refractivity contribution >= 4 is 24.0 Å². The largest absolute Gasteiger partial charge is 0.494 e. The van der Waals surface area contributed by atoms with Crippen molar-refractivity contribution in [2.45, 2.75) is 39.2 Å². The van der Waals surface area contributed by atoms with Crippen molar-refractivity contribution in [1.82, 2.24) is 5.32 Å². The predicted octanol–water partition coefficient (Wildman–Crippen LogP) is 3.22. The van der Waals surface area contributed by atoms with Gasteiger partial charge >= 0.3 is 0 Å². The van der Waals surface area contributed by atoms with Gasteiger partial charge in [0, 0.05) is 11.8 Å². The van der Waals surface area contributed by atoms with E-state index in [2.05, 4.69) is 24.5 Å². The first-order chi connectivity index (χ1) is 9.65. The number of anilines is 1. The zero-order chi connectivity index (χ0) is 14.4. The maximum absolute atomic E-state index is 12.0. The highest BCUT2D eigenvalue weighted by Gasteiger charge is 2.21. The summed E-state index contributed by atoms with van der Waals surface area (Å²) in [6.45, 7) is 5.99. The molecule has 1 aliphatic rings. The van der Waals surface area contributed by atoms with Gasteiger partial charge in [-0.3, -0.25) is 4.79 Å². The number of nitrogens with one attached hydrogen (secondary N) is 2. The summed E-state index contributed by atoms with van der Waals surface area (Å²) in [6.07, 6.45) is 3.01. The van der Waals surface area contributed by atoms with Crippen molar-refractivity contribution in [2.75, 3.05) is 18.5 Å². The molecule has 0 saturated carbocycles. The molecule has 1 aromatic rings. The zero-order valence-corrected chi connectivity index (χ0v) is 13.5. The van der Waals surface area contributed by atoms with E-state index in [0.29, 0.717) is 12.5 Å². The lowest BCUT2D eigenvalue weighted by atomic mass is 10.1. The Morgan fingerprint density at radius 3 is 2.95 bits per heavy atom. The Kier molecular flexibility index (Phi) is 7.54.